The third kappa shape index (κ3) is 3.89. The number of rotatable bonds is 6. The van der Waals surface area contributed by atoms with Crippen molar-refractivity contribution in [3.63, 3.8) is 0 Å². The van der Waals surface area contributed by atoms with Gasteiger partial charge in [-0.15, -0.1) is 0 Å². The quantitative estimate of drug-likeness (QED) is 0.527. The molecule has 1 aromatic carbocycles. The molecule has 30 heavy (non-hydrogen) atoms. The molecule has 3 aromatic heterocycles. The lowest BCUT2D eigenvalue weighted by atomic mass is 10.0. The van der Waals surface area contributed by atoms with Crippen molar-refractivity contribution in [2.45, 2.75) is 33.4 Å². The van der Waals surface area contributed by atoms with Gasteiger partial charge >= 0.3 is 0 Å². The Morgan fingerprint density at radius 3 is 2.80 bits per heavy atom. The molecule has 0 radical (unpaired) electrons. The number of ether oxygens (including phenoxy) is 1. The van der Waals surface area contributed by atoms with Crippen LogP contribution >= 0.6 is 0 Å². The van der Waals surface area contributed by atoms with Gasteiger partial charge in [0.2, 0.25) is 0 Å². The fourth-order valence-electron chi connectivity index (χ4n) is 3.41. The molecule has 0 saturated carbocycles. The molecule has 1 N–H and O–H groups in total. The van der Waals surface area contributed by atoms with Crippen LogP contribution < -0.4 is 10.1 Å². The lowest BCUT2D eigenvalue weighted by Crippen LogP contribution is -2.36. The van der Waals surface area contributed by atoms with Crippen LogP contribution in [0.4, 0.5) is 0 Å². The van der Waals surface area contributed by atoms with Crippen molar-refractivity contribution in [3.8, 4) is 17.0 Å². The lowest BCUT2D eigenvalue weighted by Gasteiger charge is -2.15. The van der Waals surface area contributed by atoms with E-state index in [1.54, 1.807) is 13.2 Å². The fourth-order valence-corrected chi connectivity index (χ4v) is 3.41. The van der Waals surface area contributed by atoms with Crippen molar-refractivity contribution in [1.29, 1.82) is 0 Å². The van der Waals surface area contributed by atoms with Gasteiger partial charge in [0.05, 0.1) is 30.3 Å². The van der Waals surface area contributed by atoms with Crippen LogP contribution in [0.25, 0.3) is 22.4 Å². The largest absolute Gasteiger partial charge is 0.497 e. The number of methoxy groups -OCH3 is 1. The molecule has 8 heteroatoms. The van der Waals surface area contributed by atoms with E-state index < -0.39 is 0 Å². The minimum atomic E-state index is -0.214. The Labute approximate surface area is 173 Å². The molecule has 1 atom stereocenters. The summed E-state index contributed by atoms with van der Waals surface area (Å²) in [5, 5.41) is 12.2. The van der Waals surface area contributed by atoms with E-state index in [1.165, 1.54) is 0 Å². The second-order valence-electron chi connectivity index (χ2n) is 7.31. The Hall–Kier alpha value is -3.68. The van der Waals surface area contributed by atoms with Gasteiger partial charge in [-0.1, -0.05) is 17.3 Å². The summed E-state index contributed by atoms with van der Waals surface area (Å²) < 4.78 is 12.6. The van der Waals surface area contributed by atoms with E-state index in [4.69, 9.17) is 9.26 Å². The van der Waals surface area contributed by atoms with E-state index >= 15 is 0 Å². The van der Waals surface area contributed by atoms with Crippen molar-refractivity contribution in [3.05, 3.63) is 59.5 Å². The summed E-state index contributed by atoms with van der Waals surface area (Å²) in [7, 11) is 1.60. The number of nitrogens with one attached hydrogen (secondary N) is 1. The minimum Gasteiger partial charge on any atom is -0.497 e. The molecule has 0 aliphatic heterocycles. The smallest absolute Gasteiger partial charge is 0.259 e. The SMILES string of the molecule is COc1cccc(-c2noc3nc(C)cc(C(=O)N[C@@H](C)Cn4ccc(C)n4)c23)c1. The summed E-state index contributed by atoms with van der Waals surface area (Å²) in [6.07, 6.45) is 1.90. The number of pyridine rings is 1. The van der Waals surface area contributed by atoms with Gasteiger partial charge in [0, 0.05) is 23.5 Å². The van der Waals surface area contributed by atoms with Gasteiger partial charge < -0.3 is 14.6 Å². The van der Waals surface area contributed by atoms with Gasteiger partial charge in [-0.3, -0.25) is 9.48 Å². The molecule has 0 fully saturated rings. The third-order valence-electron chi connectivity index (χ3n) is 4.77. The first-order valence-corrected chi connectivity index (χ1v) is 9.67. The van der Waals surface area contributed by atoms with Gasteiger partial charge in [-0.05, 0) is 45.0 Å². The van der Waals surface area contributed by atoms with Crippen LogP contribution in [0.15, 0.2) is 47.1 Å². The van der Waals surface area contributed by atoms with Crippen LogP contribution in [0.3, 0.4) is 0 Å². The summed E-state index contributed by atoms with van der Waals surface area (Å²) in [6.45, 7) is 6.26. The van der Waals surface area contributed by atoms with Gasteiger partial charge in [0.25, 0.3) is 11.6 Å². The molecule has 0 aliphatic rings. The van der Waals surface area contributed by atoms with Crippen LogP contribution in [-0.4, -0.2) is 39.0 Å². The Bertz CT molecular complexity index is 1210. The van der Waals surface area contributed by atoms with Crippen LogP contribution in [-0.2, 0) is 6.54 Å². The summed E-state index contributed by atoms with van der Waals surface area (Å²) >= 11 is 0. The van der Waals surface area contributed by atoms with Crippen molar-refractivity contribution < 1.29 is 14.1 Å². The molecular formula is C22H23N5O3. The number of hydrogen-bond acceptors (Lipinski definition) is 6. The number of hydrogen-bond donors (Lipinski definition) is 1. The van der Waals surface area contributed by atoms with Gasteiger partial charge in [0.15, 0.2) is 0 Å². The molecule has 4 aromatic rings. The number of fused-ring (bicyclic) bond motifs is 1. The first-order valence-electron chi connectivity index (χ1n) is 9.67. The maximum absolute atomic E-state index is 13.2. The van der Waals surface area contributed by atoms with E-state index in [0.717, 1.165) is 11.3 Å². The molecule has 4 rings (SSSR count). The monoisotopic (exact) mass is 405 g/mol. The maximum atomic E-state index is 13.2. The topological polar surface area (TPSA) is 95.1 Å². The van der Waals surface area contributed by atoms with Crippen molar-refractivity contribution in [2.24, 2.45) is 0 Å². The average molecular weight is 405 g/mol. The van der Waals surface area contributed by atoms with Crippen LogP contribution in [0, 0.1) is 13.8 Å². The van der Waals surface area contributed by atoms with Gasteiger partial charge in [-0.25, -0.2) is 4.98 Å². The predicted molar refractivity (Wildman–Crippen MR) is 112 cm³/mol. The molecule has 1 amide bonds. The number of aromatic nitrogens is 4. The second-order valence-corrected chi connectivity index (χ2v) is 7.31. The van der Waals surface area contributed by atoms with Gasteiger partial charge in [0.1, 0.15) is 11.4 Å². The number of aryl methyl sites for hydroxylation is 2. The highest BCUT2D eigenvalue weighted by atomic mass is 16.5. The summed E-state index contributed by atoms with van der Waals surface area (Å²) in [6, 6.07) is 11.0. The highest BCUT2D eigenvalue weighted by Crippen LogP contribution is 2.32. The van der Waals surface area contributed by atoms with Crippen LogP contribution in [0.2, 0.25) is 0 Å². The average Bonchev–Trinajstić information content (AvgIpc) is 3.33. The molecule has 3 heterocycles. The first kappa shape index (κ1) is 19.6. The van der Waals surface area contributed by atoms with Crippen molar-refractivity contribution >= 4 is 17.0 Å². The Morgan fingerprint density at radius 1 is 1.23 bits per heavy atom. The van der Waals surface area contributed by atoms with Crippen molar-refractivity contribution in [1.82, 2.24) is 25.2 Å². The zero-order valence-corrected chi connectivity index (χ0v) is 17.3. The molecule has 0 spiro atoms. The summed E-state index contributed by atoms with van der Waals surface area (Å²) in [4.78, 5) is 17.6. The third-order valence-corrected chi connectivity index (χ3v) is 4.77. The van der Waals surface area contributed by atoms with E-state index in [9.17, 15) is 4.79 Å². The van der Waals surface area contributed by atoms with E-state index in [2.05, 4.69) is 20.6 Å². The highest BCUT2D eigenvalue weighted by Gasteiger charge is 2.22. The van der Waals surface area contributed by atoms with E-state index in [1.807, 2.05) is 62.0 Å². The highest BCUT2D eigenvalue weighted by molar-refractivity contribution is 6.09. The molecule has 0 aliphatic carbocycles. The van der Waals surface area contributed by atoms with Crippen LogP contribution in [0.5, 0.6) is 5.75 Å². The Balaban J connectivity index is 1.68. The second kappa shape index (κ2) is 7.98. The fraction of sp³-hybridized carbons (Fsp3) is 0.273. The number of amides is 1. The van der Waals surface area contributed by atoms with Crippen molar-refractivity contribution in [2.75, 3.05) is 7.11 Å². The van der Waals surface area contributed by atoms with E-state index in [0.29, 0.717) is 40.3 Å². The molecule has 0 bridgehead atoms. The maximum Gasteiger partial charge on any atom is 0.259 e. The normalized spacial score (nSPS) is 12.1. The zero-order chi connectivity index (χ0) is 21.3. The summed E-state index contributed by atoms with van der Waals surface area (Å²) in [5.41, 5.74) is 3.75. The van der Waals surface area contributed by atoms with Gasteiger partial charge in [-0.2, -0.15) is 5.10 Å². The molecule has 154 valence electrons. The number of carbonyl (C=O) groups excluding carboxylic acids is 1. The Morgan fingerprint density at radius 2 is 2.07 bits per heavy atom. The minimum absolute atomic E-state index is 0.125. The molecular weight excluding hydrogens is 382 g/mol. The number of carbonyl (C=O) groups is 1. The zero-order valence-electron chi connectivity index (χ0n) is 17.3. The summed E-state index contributed by atoms with van der Waals surface area (Å²) in [5.74, 6) is 0.479. The molecule has 8 nitrogen and oxygen atoms in total. The van der Waals surface area contributed by atoms with E-state index in [-0.39, 0.29) is 11.9 Å². The number of benzene rings is 1. The standard InChI is InChI=1S/C22H23N5O3/c1-13-8-9-27(25-13)12-15(3)23-21(28)18-10-14(2)24-22-19(18)20(26-30-22)16-6-5-7-17(11-16)29-4/h5-11,15H,12H2,1-4H3,(H,23,28)/t15-/m0/s1. The molecule has 0 unspecified atom stereocenters. The first-order chi connectivity index (χ1) is 14.4. The van der Waals surface area contributed by atoms with Crippen LogP contribution in [0.1, 0.15) is 28.7 Å². The number of nitrogens with zero attached hydrogens (tertiary/aromatic N) is 4. The molecule has 0 saturated heterocycles. The Kier molecular flexibility index (Phi) is 5.22. The predicted octanol–water partition coefficient (Wildman–Crippen LogP) is 3.53. The lowest BCUT2D eigenvalue weighted by molar-refractivity contribution is 0.0937.